The largest absolute Gasteiger partial charge is 0.413 e. The molecule has 0 radical (unpaired) electrons. The van der Waals surface area contributed by atoms with Gasteiger partial charge in [0.2, 0.25) is 0 Å². The molecule has 2 saturated carbocycles. The Hall–Kier alpha value is -2.29. The zero-order valence-electron chi connectivity index (χ0n) is 17.2. The fourth-order valence-corrected chi connectivity index (χ4v) is 4.23. The third kappa shape index (κ3) is 4.24. The van der Waals surface area contributed by atoms with Crippen LogP contribution in [-0.2, 0) is 0 Å². The van der Waals surface area contributed by atoms with Gasteiger partial charge in [-0.15, -0.1) is 0 Å². The van der Waals surface area contributed by atoms with E-state index in [1.807, 2.05) is 37.3 Å². The van der Waals surface area contributed by atoms with Gasteiger partial charge in [-0.25, -0.2) is 4.79 Å². The molecular formula is C25H31NO2. The Morgan fingerprint density at radius 1 is 0.857 bits per heavy atom. The molecule has 0 spiro atoms. The summed E-state index contributed by atoms with van der Waals surface area (Å²) in [5.74, 6) is 3.11. The molecule has 3 heteroatoms. The number of rotatable bonds is 7. The highest BCUT2D eigenvalue weighted by atomic mass is 16.6. The van der Waals surface area contributed by atoms with Crippen LogP contribution in [0.4, 0.5) is 4.79 Å². The van der Waals surface area contributed by atoms with Gasteiger partial charge in [0.25, 0.3) is 0 Å². The van der Waals surface area contributed by atoms with E-state index in [0.717, 1.165) is 23.1 Å². The molecule has 4 rings (SSSR count). The molecule has 2 aliphatic rings. The monoisotopic (exact) mass is 377 g/mol. The van der Waals surface area contributed by atoms with Crippen molar-refractivity contribution in [1.82, 2.24) is 5.32 Å². The molecular weight excluding hydrogens is 346 g/mol. The van der Waals surface area contributed by atoms with Crippen molar-refractivity contribution >= 4 is 6.09 Å². The Morgan fingerprint density at radius 2 is 1.39 bits per heavy atom. The number of amides is 1. The van der Waals surface area contributed by atoms with E-state index in [2.05, 4.69) is 37.4 Å². The Labute approximate surface area is 168 Å². The molecule has 2 aromatic rings. The predicted octanol–water partition coefficient (Wildman–Crippen LogP) is 6.56. The van der Waals surface area contributed by atoms with Crippen molar-refractivity contribution in [2.75, 3.05) is 0 Å². The number of hydrogen-bond acceptors (Lipinski definition) is 2. The molecule has 148 valence electrons. The minimum absolute atomic E-state index is 0.0916. The summed E-state index contributed by atoms with van der Waals surface area (Å²) in [5.41, 5.74) is 3.45. The van der Waals surface area contributed by atoms with Crippen molar-refractivity contribution in [2.24, 2.45) is 11.8 Å². The lowest BCUT2D eigenvalue weighted by atomic mass is 9.88. The molecule has 2 aromatic carbocycles. The summed E-state index contributed by atoms with van der Waals surface area (Å²) < 4.78 is 6.02. The first-order valence-corrected chi connectivity index (χ1v) is 10.7. The lowest BCUT2D eigenvalue weighted by molar-refractivity contribution is 0.195. The summed E-state index contributed by atoms with van der Waals surface area (Å²) in [5, 5.41) is 3.01. The topological polar surface area (TPSA) is 38.3 Å². The van der Waals surface area contributed by atoms with Gasteiger partial charge in [0.05, 0.1) is 6.04 Å². The predicted molar refractivity (Wildman–Crippen MR) is 113 cm³/mol. The maximum absolute atomic E-state index is 12.8. The second-order valence-corrected chi connectivity index (χ2v) is 8.68. The van der Waals surface area contributed by atoms with Crippen LogP contribution in [0.15, 0.2) is 48.5 Å². The summed E-state index contributed by atoms with van der Waals surface area (Å²) >= 11 is 0. The Bertz CT molecular complexity index is 787. The highest BCUT2D eigenvalue weighted by Gasteiger charge is 2.35. The fourth-order valence-electron chi connectivity index (χ4n) is 4.23. The second-order valence-electron chi connectivity index (χ2n) is 8.68. The summed E-state index contributed by atoms with van der Waals surface area (Å²) in [7, 11) is 0. The number of para-hydroxylation sites is 1. The third-order valence-corrected chi connectivity index (χ3v) is 6.54. The molecule has 0 bridgehead atoms. The van der Waals surface area contributed by atoms with E-state index in [9.17, 15) is 4.79 Å². The molecule has 0 aromatic heterocycles. The van der Waals surface area contributed by atoms with Gasteiger partial charge < -0.3 is 10.1 Å². The number of carbonyl (C=O) groups is 1. The van der Waals surface area contributed by atoms with E-state index >= 15 is 0 Å². The Kier molecular flexibility index (Phi) is 5.43. The van der Waals surface area contributed by atoms with Gasteiger partial charge in [0, 0.05) is 0 Å². The van der Waals surface area contributed by atoms with Crippen LogP contribution in [0.1, 0.15) is 81.0 Å². The van der Waals surface area contributed by atoms with Crippen molar-refractivity contribution in [2.45, 2.75) is 64.3 Å². The first-order chi connectivity index (χ1) is 13.5. The van der Waals surface area contributed by atoms with Crippen molar-refractivity contribution in [3.8, 4) is 5.75 Å². The Morgan fingerprint density at radius 3 is 1.89 bits per heavy atom. The van der Waals surface area contributed by atoms with Gasteiger partial charge in [-0.05, 0) is 73.0 Å². The van der Waals surface area contributed by atoms with Gasteiger partial charge in [-0.3, -0.25) is 0 Å². The van der Waals surface area contributed by atoms with Gasteiger partial charge in [-0.2, -0.15) is 0 Å². The molecule has 3 unspecified atom stereocenters. The maximum atomic E-state index is 12.8. The maximum Gasteiger partial charge on any atom is 0.413 e. The fraction of sp³-hybridized carbons (Fsp3) is 0.480. The van der Waals surface area contributed by atoms with E-state index in [4.69, 9.17) is 4.74 Å². The van der Waals surface area contributed by atoms with Gasteiger partial charge in [0.15, 0.2) is 0 Å². The number of ether oxygens (including phenoxy) is 1. The van der Waals surface area contributed by atoms with E-state index in [-0.39, 0.29) is 12.1 Å². The van der Waals surface area contributed by atoms with E-state index in [1.54, 1.807) is 0 Å². The van der Waals surface area contributed by atoms with Crippen LogP contribution in [0.5, 0.6) is 5.75 Å². The van der Waals surface area contributed by atoms with Crippen LogP contribution in [-0.4, -0.2) is 6.09 Å². The second kappa shape index (κ2) is 7.98. The quantitative estimate of drug-likeness (QED) is 0.593. The van der Waals surface area contributed by atoms with Crippen molar-refractivity contribution in [3.05, 3.63) is 65.2 Å². The van der Waals surface area contributed by atoms with Crippen LogP contribution < -0.4 is 10.1 Å². The third-order valence-electron chi connectivity index (χ3n) is 6.54. The first kappa shape index (κ1) is 19.0. The molecule has 1 amide bonds. The van der Waals surface area contributed by atoms with E-state index in [1.165, 1.54) is 36.8 Å². The highest BCUT2D eigenvalue weighted by Crippen LogP contribution is 2.49. The number of nitrogens with one attached hydrogen (secondary N) is 1. The summed E-state index contributed by atoms with van der Waals surface area (Å²) in [6, 6.07) is 16.3. The minimum atomic E-state index is -0.365. The smallest absolute Gasteiger partial charge is 0.410 e. The van der Waals surface area contributed by atoms with E-state index < -0.39 is 0 Å². The molecule has 0 aliphatic heterocycles. The molecule has 3 atom stereocenters. The van der Waals surface area contributed by atoms with Crippen LogP contribution >= 0.6 is 0 Å². The normalized spacial score (nSPS) is 19.5. The summed E-state index contributed by atoms with van der Waals surface area (Å²) in [4.78, 5) is 12.8. The lowest BCUT2D eigenvalue weighted by Gasteiger charge is -2.23. The molecule has 0 heterocycles. The first-order valence-electron chi connectivity index (χ1n) is 10.7. The molecule has 0 saturated heterocycles. The van der Waals surface area contributed by atoms with Crippen molar-refractivity contribution in [3.63, 3.8) is 0 Å². The van der Waals surface area contributed by atoms with Gasteiger partial charge in [-0.1, -0.05) is 62.4 Å². The highest BCUT2D eigenvalue weighted by molar-refractivity contribution is 5.72. The standard InChI is InChI=1S/C25H31NO2/c1-16(19-12-13-19)22-10-7-11-23(17(2)20-14-15-20)24(22)28-25(27)26-18(3)21-8-5-4-6-9-21/h4-11,16-20H,12-15H2,1-3H3,(H,26,27). The average molecular weight is 378 g/mol. The molecule has 2 fully saturated rings. The number of hydrogen-bond donors (Lipinski definition) is 1. The van der Waals surface area contributed by atoms with E-state index in [0.29, 0.717) is 11.8 Å². The van der Waals surface area contributed by atoms with Crippen LogP contribution in [0, 0.1) is 11.8 Å². The number of benzene rings is 2. The van der Waals surface area contributed by atoms with Crippen LogP contribution in [0.3, 0.4) is 0 Å². The summed E-state index contributed by atoms with van der Waals surface area (Å²) in [6.45, 7) is 6.54. The SMILES string of the molecule is CC(NC(=O)Oc1c(C(C)C2CC2)cccc1C(C)C1CC1)c1ccccc1. The average Bonchev–Trinajstić information content (AvgIpc) is 3.59. The molecule has 28 heavy (non-hydrogen) atoms. The molecule has 2 aliphatic carbocycles. The van der Waals surface area contributed by atoms with Crippen LogP contribution in [0.25, 0.3) is 0 Å². The Balaban J connectivity index is 1.56. The van der Waals surface area contributed by atoms with Gasteiger partial charge in [0.1, 0.15) is 5.75 Å². The zero-order valence-corrected chi connectivity index (χ0v) is 17.2. The zero-order chi connectivity index (χ0) is 19.7. The van der Waals surface area contributed by atoms with Crippen molar-refractivity contribution < 1.29 is 9.53 Å². The number of carbonyl (C=O) groups excluding carboxylic acids is 1. The molecule has 3 nitrogen and oxygen atoms in total. The summed E-state index contributed by atoms with van der Waals surface area (Å²) in [6.07, 6.45) is 4.75. The molecule has 1 N–H and O–H groups in total. The van der Waals surface area contributed by atoms with Gasteiger partial charge >= 0.3 is 6.09 Å². The van der Waals surface area contributed by atoms with Crippen LogP contribution in [0.2, 0.25) is 0 Å². The minimum Gasteiger partial charge on any atom is -0.410 e. The lowest BCUT2D eigenvalue weighted by Crippen LogP contribution is -2.30. The van der Waals surface area contributed by atoms with Crippen molar-refractivity contribution in [1.29, 1.82) is 0 Å².